The monoisotopic (exact) mass is 218 g/mol. The van der Waals surface area contributed by atoms with E-state index in [0.717, 1.165) is 6.54 Å². The number of hydrogen-bond donors (Lipinski definition) is 0. The first-order chi connectivity index (χ1) is 7.58. The lowest BCUT2D eigenvalue weighted by Crippen LogP contribution is -2.36. The Morgan fingerprint density at radius 3 is 2.56 bits per heavy atom. The Labute approximate surface area is 98.7 Å². The molecule has 0 atom stereocenters. The number of nitrogens with zero attached hydrogens (tertiary/aromatic N) is 2. The first-order valence-electron chi connectivity index (χ1n) is 6.29. The Morgan fingerprint density at radius 2 is 1.94 bits per heavy atom. The minimum Gasteiger partial charge on any atom is -0.296 e. The van der Waals surface area contributed by atoms with Gasteiger partial charge in [0.15, 0.2) is 0 Å². The van der Waals surface area contributed by atoms with Crippen molar-refractivity contribution >= 4 is 0 Å². The lowest BCUT2D eigenvalue weighted by Gasteiger charge is -2.32. The van der Waals surface area contributed by atoms with E-state index in [2.05, 4.69) is 49.8 Å². The van der Waals surface area contributed by atoms with E-state index in [-0.39, 0.29) is 0 Å². The molecule has 0 N–H and O–H groups in total. The Balaban J connectivity index is 2.22. The highest BCUT2D eigenvalue weighted by atomic mass is 15.1. The van der Waals surface area contributed by atoms with E-state index in [0.29, 0.717) is 12.0 Å². The number of pyridine rings is 1. The second kappa shape index (κ2) is 4.54. The highest BCUT2D eigenvalue weighted by Crippen LogP contribution is 2.22. The summed E-state index contributed by atoms with van der Waals surface area (Å²) in [5, 5.41) is 0. The van der Waals surface area contributed by atoms with Gasteiger partial charge in [0, 0.05) is 31.0 Å². The van der Waals surface area contributed by atoms with E-state index < -0.39 is 0 Å². The van der Waals surface area contributed by atoms with E-state index in [4.69, 9.17) is 0 Å². The van der Waals surface area contributed by atoms with Crippen LogP contribution in [0.25, 0.3) is 0 Å². The second-order valence-corrected chi connectivity index (χ2v) is 5.35. The van der Waals surface area contributed by atoms with Gasteiger partial charge in [0.05, 0.1) is 0 Å². The van der Waals surface area contributed by atoms with Crippen molar-refractivity contribution in [2.75, 3.05) is 6.54 Å². The molecular formula is C14H22N2. The van der Waals surface area contributed by atoms with Crippen LogP contribution in [0.4, 0.5) is 0 Å². The van der Waals surface area contributed by atoms with Crippen molar-refractivity contribution in [2.45, 2.75) is 52.6 Å². The fourth-order valence-corrected chi connectivity index (χ4v) is 2.24. The zero-order chi connectivity index (χ0) is 11.7. The molecule has 88 valence electrons. The molecule has 0 unspecified atom stereocenters. The number of rotatable bonds is 2. The predicted octanol–water partition coefficient (Wildman–Crippen LogP) is 2.97. The van der Waals surface area contributed by atoms with E-state index in [1.54, 1.807) is 0 Å². The summed E-state index contributed by atoms with van der Waals surface area (Å²) in [6.45, 7) is 11.2. The van der Waals surface area contributed by atoms with Gasteiger partial charge in [0.25, 0.3) is 0 Å². The Hall–Kier alpha value is -0.890. The highest BCUT2D eigenvalue weighted by Gasteiger charge is 2.19. The molecule has 0 aliphatic carbocycles. The maximum absolute atomic E-state index is 4.56. The van der Waals surface area contributed by atoms with E-state index >= 15 is 0 Å². The van der Waals surface area contributed by atoms with Crippen LogP contribution in [-0.4, -0.2) is 22.5 Å². The average molecular weight is 218 g/mol. The first-order valence-corrected chi connectivity index (χ1v) is 6.29. The predicted molar refractivity (Wildman–Crippen MR) is 67.6 cm³/mol. The molecule has 2 heterocycles. The van der Waals surface area contributed by atoms with Crippen LogP contribution >= 0.6 is 0 Å². The largest absolute Gasteiger partial charge is 0.296 e. The van der Waals surface area contributed by atoms with Gasteiger partial charge in [-0.2, -0.15) is 0 Å². The Bertz CT molecular complexity index is 369. The standard InChI is InChI=1S/C14H22N2/c1-10(2)14-7-12-5-6-16(11(3)4)9-13(12)8-15-14/h7-8,10-11H,5-6,9H2,1-4H3. The average Bonchev–Trinajstić information content (AvgIpc) is 2.27. The molecule has 2 nitrogen and oxygen atoms in total. The van der Waals surface area contributed by atoms with Crippen molar-refractivity contribution in [3.05, 3.63) is 29.1 Å². The van der Waals surface area contributed by atoms with Crippen LogP contribution in [0.3, 0.4) is 0 Å². The van der Waals surface area contributed by atoms with Gasteiger partial charge in [0.2, 0.25) is 0 Å². The normalized spacial score (nSPS) is 16.9. The van der Waals surface area contributed by atoms with Crippen LogP contribution in [0.5, 0.6) is 0 Å². The quantitative estimate of drug-likeness (QED) is 0.758. The van der Waals surface area contributed by atoms with Crippen LogP contribution in [-0.2, 0) is 13.0 Å². The third-order valence-corrected chi connectivity index (χ3v) is 3.47. The molecule has 16 heavy (non-hydrogen) atoms. The summed E-state index contributed by atoms with van der Waals surface area (Å²) in [6.07, 6.45) is 3.26. The van der Waals surface area contributed by atoms with Crippen molar-refractivity contribution in [1.82, 2.24) is 9.88 Å². The van der Waals surface area contributed by atoms with Crippen LogP contribution in [0.15, 0.2) is 12.3 Å². The van der Waals surface area contributed by atoms with Gasteiger partial charge in [-0.3, -0.25) is 9.88 Å². The van der Waals surface area contributed by atoms with Crippen molar-refractivity contribution in [3.63, 3.8) is 0 Å². The Morgan fingerprint density at radius 1 is 1.19 bits per heavy atom. The molecule has 0 radical (unpaired) electrons. The molecule has 1 aliphatic rings. The summed E-state index contributed by atoms with van der Waals surface area (Å²) in [6, 6.07) is 2.94. The maximum Gasteiger partial charge on any atom is 0.0431 e. The van der Waals surface area contributed by atoms with Crippen molar-refractivity contribution in [1.29, 1.82) is 0 Å². The molecule has 0 aromatic carbocycles. The number of hydrogen-bond acceptors (Lipinski definition) is 2. The molecule has 0 saturated carbocycles. The van der Waals surface area contributed by atoms with Gasteiger partial charge in [-0.15, -0.1) is 0 Å². The molecule has 1 aromatic rings. The highest BCUT2D eigenvalue weighted by molar-refractivity contribution is 5.30. The summed E-state index contributed by atoms with van der Waals surface area (Å²) in [4.78, 5) is 7.07. The van der Waals surface area contributed by atoms with Gasteiger partial charge in [0.1, 0.15) is 0 Å². The molecule has 0 bridgehead atoms. The number of aromatic nitrogens is 1. The molecular weight excluding hydrogens is 196 g/mol. The van der Waals surface area contributed by atoms with E-state index in [1.165, 1.54) is 29.8 Å². The van der Waals surface area contributed by atoms with Gasteiger partial charge in [-0.1, -0.05) is 13.8 Å². The SMILES string of the molecule is CC(C)c1cc2c(cn1)CN(C(C)C)CC2. The van der Waals surface area contributed by atoms with E-state index in [1.807, 2.05) is 0 Å². The minimum absolute atomic E-state index is 0.536. The summed E-state index contributed by atoms with van der Waals surface area (Å²) in [5.74, 6) is 0.536. The topological polar surface area (TPSA) is 16.1 Å². The summed E-state index contributed by atoms with van der Waals surface area (Å²) in [7, 11) is 0. The fourth-order valence-electron chi connectivity index (χ4n) is 2.24. The molecule has 0 amide bonds. The van der Waals surface area contributed by atoms with Crippen LogP contribution < -0.4 is 0 Å². The number of fused-ring (bicyclic) bond motifs is 1. The lowest BCUT2D eigenvalue weighted by atomic mass is 9.97. The van der Waals surface area contributed by atoms with Crippen LogP contribution in [0.2, 0.25) is 0 Å². The van der Waals surface area contributed by atoms with Crippen LogP contribution in [0.1, 0.15) is 50.4 Å². The van der Waals surface area contributed by atoms with Gasteiger partial charge >= 0.3 is 0 Å². The summed E-state index contributed by atoms with van der Waals surface area (Å²) in [5.41, 5.74) is 4.16. The smallest absolute Gasteiger partial charge is 0.0431 e. The third-order valence-electron chi connectivity index (χ3n) is 3.47. The van der Waals surface area contributed by atoms with Crippen molar-refractivity contribution < 1.29 is 0 Å². The van der Waals surface area contributed by atoms with Gasteiger partial charge in [-0.25, -0.2) is 0 Å². The Kier molecular flexibility index (Phi) is 3.29. The summed E-state index contributed by atoms with van der Waals surface area (Å²) < 4.78 is 0. The first kappa shape index (κ1) is 11.6. The molecule has 0 fully saturated rings. The molecule has 2 rings (SSSR count). The summed E-state index contributed by atoms with van der Waals surface area (Å²) >= 11 is 0. The van der Waals surface area contributed by atoms with Crippen LogP contribution in [0, 0.1) is 0 Å². The van der Waals surface area contributed by atoms with Gasteiger partial charge in [-0.05, 0) is 43.4 Å². The zero-order valence-electron chi connectivity index (χ0n) is 10.8. The molecule has 2 heteroatoms. The van der Waals surface area contributed by atoms with E-state index in [9.17, 15) is 0 Å². The lowest BCUT2D eigenvalue weighted by molar-refractivity contribution is 0.203. The second-order valence-electron chi connectivity index (χ2n) is 5.35. The minimum atomic E-state index is 0.536. The molecule has 0 spiro atoms. The zero-order valence-corrected chi connectivity index (χ0v) is 10.8. The van der Waals surface area contributed by atoms with Crippen molar-refractivity contribution in [3.8, 4) is 0 Å². The molecule has 1 aliphatic heterocycles. The molecule has 1 aromatic heterocycles. The maximum atomic E-state index is 4.56. The van der Waals surface area contributed by atoms with Crippen molar-refractivity contribution in [2.24, 2.45) is 0 Å². The van der Waals surface area contributed by atoms with Gasteiger partial charge < -0.3 is 0 Å². The third kappa shape index (κ3) is 2.27. The molecule has 0 saturated heterocycles. The fraction of sp³-hybridized carbons (Fsp3) is 0.643.